The number of aryl methyl sites for hydroxylation is 2. The number of nitrogens with one attached hydrogen (secondary N) is 2. The summed E-state index contributed by atoms with van der Waals surface area (Å²) in [4.78, 5) is 0. The molecule has 1 heterocycles. The molecule has 0 aliphatic heterocycles. The van der Waals surface area contributed by atoms with Gasteiger partial charge >= 0.3 is 0 Å². The maximum Gasteiger partial charge on any atom is 0.119 e. The lowest BCUT2D eigenvalue weighted by molar-refractivity contribution is 0.414. The molecule has 1 aromatic carbocycles. The molecule has 4 heteroatoms. The highest BCUT2D eigenvalue weighted by molar-refractivity contribution is 5.28. The molecule has 0 atom stereocenters. The molecule has 4 nitrogen and oxygen atoms in total. The van der Waals surface area contributed by atoms with Crippen LogP contribution in [0.3, 0.4) is 0 Å². The molecule has 0 radical (unpaired) electrons. The van der Waals surface area contributed by atoms with Crippen LogP contribution in [-0.4, -0.2) is 17.3 Å². The summed E-state index contributed by atoms with van der Waals surface area (Å²) in [6.45, 7) is 5.71. The normalized spacial score (nSPS) is 10.6. The van der Waals surface area contributed by atoms with Crippen LogP contribution in [0.4, 0.5) is 0 Å². The summed E-state index contributed by atoms with van der Waals surface area (Å²) in [6, 6.07) is 8.09. The number of rotatable bonds is 5. The summed E-state index contributed by atoms with van der Waals surface area (Å²) in [7, 11) is 1.69. The molecule has 0 fully saturated rings. The Bertz CT molecular complexity index is 500. The first-order valence-corrected chi connectivity index (χ1v) is 6.05. The molecule has 0 aliphatic rings. The summed E-state index contributed by atoms with van der Waals surface area (Å²) >= 11 is 0. The van der Waals surface area contributed by atoms with E-state index in [9.17, 15) is 0 Å². The van der Waals surface area contributed by atoms with Crippen molar-refractivity contribution in [1.82, 2.24) is 15.5 Å². The van der Waals surface area contributed by atoms with Crippen LogP contribution < -0.4 is 10.1 Å². The quantitative estimate of drug-likeness (QED) is 0.850. The van der Waals surface area contributed by atoms with Crippen molar-refractivity contribution < 1.29 is 4.74 Å². The van der Waals surface area contributed by atoms with Crippen LogP contribution in [0.1, 0.15) is 22.5 Å². The zero-order valence-corrected chi connectivity index (χ0v) is 11.1. The van der Waals surface area contributed by atoms with E-state index in [1.807, 2.05) is 32.0 Å². The Kier molecular flexibility index (Phi) is 3.99. The lowest BCUT2D eigenvalue weighted by atomic mass is 10.2. The van der Waals surface area contributed by atoms with Crippen molar-refractivity contribution in [1.29, 1.82) is 0 Å². The monoisotopic (exact) mass is 245 g/mol. The lowest BCUT2D eigenvalue weighted by Crippen LogP contribution is -2.13. The van der Waals surface area contributed by atoms with E-state index < -0.39 is 0 Å². The number of hydrogen-bond acceptors (Lipinski definition) is 3. The Morgan fingerprint density at radius 1 is 1.28 bits per heavy atom. The third kappa shape index (κ3) is 2.90. The van der Waals surface area contributed by atoms with Gasteiger partial charge in [0.2, 0.25) is 0 Å². The molecule has 2 rings (SSSR count). The predicted octanol–water partition coefficient (Wildman–Crippen LogP) is 2.32. The molecule has 18 heavy (non-hydrogen) atoms. The van der Waals surface area contributed by atoms with E-state index in [1.165, 1.54) is 11.1 Å². The minimum Gasteiger partial charge on any atom is -0.497 e. The second-order valence-corrected chi connectivity index (χ2v) is 4.37. The van der Waals surface area contributed by atoms with Gasteiger partial charge in [-0.25, -0.2) is 0 Å². The molecule has 0 saturated carbocycles. The van der Waals surface area contributed by atoms with Crippen LogP contribution >= 0.6 is 0 Å². The third-order valence-electron chi connectivity index (χ3n) is 3.05. The topological polar surface area (TPSA) is 49.9 Å². The van der Waals surface area contributed by atoms with E-state index in [2.05, 4.69) is 21.6 Å². The third-order valence-corrected chi connectivity index (χ3v) is 3.05. The minimum absolute atomic E-state index is 0.821. The van der Waals surface area contributed by atoms with Crippen LogP contribution in [0.2, 0.25) is 0 Å². The van der Waals surface area contributed by atoms with Crippen LogP contribution in [0.15, 0.2) is 24.3 Å². The summed E-state index contributed by atoms with van der Waals surface area (Å²) in [6.07, 6.45) is 0. The van der Waals surface area contributed by atoms with Gasteiger partial charge in [0, 0.05) is 24.3 Å². The van der Waals surface area contributed by atoms with Crippen molar-refractivity contribution >= 4 is 0 Å². The first kappa shape index (κ1) is 12.6. The van der Waals surface area contributed by atoms with Crippen molar-refractivity contribution in [3.63, 3.8) is 0 Å². The number of H-pyrrole nitrogens is 1. The maximum absolute atomic E-state index is 5.20. The van der Waals surface area contributed by atoms with E-state index in [1.54, 1.807) is 7.11 Å². The number of ether oxygens (including phenoxy) is 1. The molecule has 0 spiro atoms. The van der Waals surface area contributed by atoms with E-state index in [4.69, 9.17) is 4.74 Å². The van der Waals surface area contributed by atoms with E-state index in [0.29, 0.717) is 0 Å². The molecule has 96 valence electrons. The average Bonchev–Trinajstić information content (AvgIpc) is 2.70. The SMILES string of the molecule is COc1cccc(CNCc2c(C)n[nH]c2C)c1. The molecule has 2 aromatic rings. The van der Waals surface area contributed by atoms with Crippen LogP contribution in [0.25, 0.3) is 0 Å². The zero-order valence-electron chi connectivity index (χ0n) is 11.1. The van der Waals surface area contributed by atoms with Gasteiger partial charge in [-0.1, -0.05) is 12.1 Å². The number of nitrogens with zero attached hydrogens (tertiary/aromatic N) is 1. The zero-order chi connectivity index (χ0) is 13.0. The van der Waals surface area contributed by atoms with Crippen molar-refractivity contribution in [2.75, 3.05) is 7.11 Å². The standard InChI is InChI=1S/C14H19N3O/c1-10-14(11(2)17-16-10)9-15-8-12-5-4-6-13(7-12)18-3/h4-7,15H,8-9H2,1-3H3,(H,16,17). The smallest absolute Gasteiger partial charge is 0.119 e. The molecule has 0 bridgehead atoms. The number of benzene rings is 1. The van der Waals surface area contributed by atoms with Gasteiger partial charge in [-0.15, -0.1) is 0 Å². The van der Waals surface area contributed by atoms with Crippen molar-refractivity contribution in [3.8, 4) is 5.75 Å². The summed E-state index contributed by atoms with van der Waals surface area (Å²) in [5.74, 6) is 0.893. The highest BCUT2D eigenvalue weighted by Crippen LogP contribution is 2.13. The Morgan fingerprint density at radius 3 is 2.78 bits per heavy atom. The van der Waals surface area contributed by atoms with Gasteiger partial charge in [0.25, 0.3) is 0 Å². The van der Waals surface area contributed by atoms with Gasteiger partial charge < -0.3 is 10.1 Å². The van der Waals surface area contributed by atoms with E-state index in [-0.39, 0.29) is 0 Å². The predicted molar refractivity (Wildman–Crippen MR) is 71.6 cm³/mol. The van der Waals surface area contributed by atoms with Crippen LogP contribution in [-0.2, 0) is 13.1 Å². The van der Waals surface area contributed by atoms with Gasteiger partial charge in [0.05, 0.1) is 12.8 Å². The van der Waals surface area contributed by atoms with Crippen molar-refractivity contribution in [2.24, 2.45) is 0 Å². The number of methoxy groups -OCH3 is 1. The van der Waals surface area contributed by atoms with Gasteiger partial charge in [-0.3, -0.25) is 5.10 Å². The van der Waals surface area contributed by atoms with E-state index >= 15 is 0 Å². The molecule has 1 aromatic heterocycles. The van der Waals surface area contributed by atoms with Gasteiger partial charge in [-0.2, -0.15) is 5.10 Å². The minimum atomic E-state index is 0.821. The fourth-order valence-electron chi connectivity index (χ4n) is 1.95. The maximum atomic E-state index is 5.20. The number of aromatic amines is 1. The molecule has 0 aliphatic carbocycles. The average molecular weight is 245 g/mol. The van der Waals surface area contributed by atoms with Crippen LogP contribution in [0, 0.1) is 13.8 Å². The Hall–Kier alpha value is -1.81. The highest BCUT2D eigenvalue weighted by atomic mass is 16.5. The van der Waals surface area contributed by atoms with Crippen molar-refractivity contribution in [3.05, 3.63) is 46.8 Å². The van der Waals surface area contributed by atoms with Gasteiger partial charge in [-0.05, 0) is 31.5 Å². The highest BCUT2D eigenvalue weighted by Gasteiger charge is 2.05. The molecule has 2 N–H and O–H groups in total. The molecular formula is C14H19N3O. The molecular weight excluding hydrogens is 226 g/mol. The Labute approximate surface area is 107 Å². The summed E-state index contributed by atoms with van der Waals surface area (Å²) in [5.41, 5.74) is 4.65. The summed E-state index contributed by atoms with van der Waals surface area (Å²) in [5, 5.41) is 10.6. The molecule has 0 amide bonds. The van der Waals surface area contributed by atoms with Gasteiger partial charge in [0.1, 0.15) is 5.75 Å². The fourth-order valence-corrected chi connectivity index (χ4v) is 1.95. The Morgan fingerprint density at radius 2 is 2.11 bits per heavy atom. The lowest BCUT2D eigenvalue weighted by Gasteiger charge is -2.07. The second-order valence-electron chi connectivity index (χ2n) is 4.37. The largest absolute Gasteiger partial charge is 0.497 e. The number of hydrogen-bond donors (Lipinski definition) is 2. The Balaban J connectivity index is 1.92. The molecule has 0 saturated heterocycles. The second kappa shape index (κ2) is 5.69. The first-order valence-electron chi connectivity index (χ1n) is 6.05. The number of aromatic nitrogens is 2. The summed E-state index contributed by atoms with van der Waals surface area (Å²) < 4.78 is 5.20. The van der Waals surface area contributed by atoms with Crippen LogP contribution in [0.5, 0.6) is 5.75 Å². The van der Waals surface area contributed by atoms with Gasteiger partial charge in [0.15, 0.2) is 0 Å². The van der Waals surface area contributed by atoms with E-state index in [0.717, 1.165) is 30.2 Å². The van der Waals surface area contributed by atoms with Crippen molar-refractivity contribution in [2.45, 2.75) is 26.9 Å². The fraction of sp³-hybridized carbons (Fsp3) is 0.357. The molecule has 0 unspecified atom stereocenters. The first-order chi connectivity index (χ1) is 8.70.